The first-order valence-corrected chi connectivity index (χ1v) is 15.0. The number of halogens is 1. The van der Waals surface area contributed by atoms with Gasteiger partial charge in [0.05, 0.1) is 6.54 Å². The molecule has 2 aliphatic rings. The van der Waals surface area contributed by atoms with Gasteiger partial charge >= 0.3 is 0 Å². The van der Waals surface area contributed by atoms with Crippen LogP contribution in [0.2, 0.25) is 0 Å². The average Bonchev–Trinajstić information content (AvgIpc) is 3.47. The predicted molar refractivity (Wildman–Crippen MR) is 165 cm³/mol. The highest BCUT2D eigenvalue weighted by Crippen LogP contribution is 2.30. The number of benzene rings is 4. The lowest BCUT2D eigenvalue weighted by molar-refractivity contribution is -0.137. The number of hydrogen-bond donors (Lipinski definition) is 1. The summed E-state index contributed by atoms with van der Waals surface area (Å²) in [5.74, 6) is 0.849. The Morgan fingerprint density at radius 2 is 1.51 bits per heavy atom. The SMILES string of the molecule is O=C(Nc1ccc(Oc2ccc(F)cc2)cc1)C1CC(CCc2ccccc2)CN1C(=O)CN1CCc2ccccc2C1. The van der Waals surface area contributed by atoms with Crippen molar-refractivity contribution in [1.29, 1.82) is 0 Å². The lowest BCUT2D eigenvalue weighted by Gasteiger charge is -2.31. The molecule has 0 saturated carbocycles. The number of nitrogens with one attached hydrogen (secondary N) is 1. The summed E-state index contributed by atoms with van der Waals surface area (Å²) in [6.45, 7) is 2.46. The third-order valence-electron chi connectivity index (χ3n) is 8.43. The van der Waals surface area contributed by atoms with Crippen LogP contribution in [0.25, 0.3) is 0 Å². The van der Waals surface area contributed by atoms with E-state index in [-0.39, 0.29) is 23.5 Å². The summed E-state index contributed by atoms with van der Waals surface area (Å²) in [5, 5.41) is 3.03. The van der Waals surface area contributed by atoms with Gasteiger partial charge in [0.2, 0.25) is 11.8 Å². The van der Waals surface area contributed by atoms with Crippen molar-refractivity contribution in [2.45, 2.75) is 38.3 Å². The van der Waals surface area contributed by atoms with Gasteiger partial charge in [-0.25, -0.2) is 4.39 Å². The van der Waals surface area contributed by atoms with E-state index in [1.165, 1.54) is 28.8 Å². The average molecular weight is 578 g/mol. The molecule has 2 atom stereocenters. The second-order valence-electron chi connectivity index (χ2n) is 11.5. The number of amides is 2. The summed E-state index contributed by atoms with van der Waals surface area (Å²) >= 11 is 0. The summed E-state index contributed by atoms with van der Waals surface area (Å²) in [5.41, 5.74) is 4.51. The highest BCUT2D eigenvalue weighted by atomic mass is 19.1. The molecule has 6 rings (SSSR count). The summed E-state index contributed by atoms with van der Waals surface area (Å²) in [7, 11) is 0. The van der Waals surface area contributed by atoms with Gasteiger partial charge in [0.25, 0.3) is 0 Å². The molecule has 2 unspecified atom stereocenters. The maximum atomic E-state index is 13.7. The van der Waals surface area contributed by atoms with Gasteiger partial charge in [0, 0.05) is 25.3 Å². The van der Waals surface area contributed by atoms with E-state index < -0.39 is 6.04 Å². The molecule has 1 fully saturated rings. The molecule has 7 heteroatoms. The van der Waals surface area contributed by atoms with Crippen molar-refractivity contribution in [2.75, 3.05) is 25.0 Å². The third kappa shape index (κ3) is 7.30. The Bertz CT molecular complexity index is 1540. The highest BCUT2D eigenvalue weighted by molar-refractivity contribution is 5.97. The fraction of sp³-hybridized carbons (Fsp3) is 0.278. The zero-order valence-corrected chi connectivity index (χ0v) is 24.1. The molecule has 2 heterocycles. The number of hydrogen-bond acceptors (Lipinski definition) is 4. The second kappa shape index (κ2) is 13.2. The molecule has 6 nitrogen and oxygen atoms in total. The number of likely N-dealkylation sites (tertiary alicyclic amines) is 1. The van der Waals surface area contributed by atoms with E-state index in [1.807, 2.05) is 24.3 Å². The molecule has 2 aliphatic heterocycles. The minimum Gasteiger partial charge on any atom is -0.457 e. The van der Waals surface area contributed by atoms with Crippen LogP contribution in [0.4, 0.5) is 10.1 Å². The number of rotatable bonds is 9. The highest BCUT2D eigenvalue weighted by Gasteiger charge is 2.39. The topological polar surface area (TPSA) is 61.9 Å². The van der Waals surface area contributed by atoms with Crippen LogP contribution < -0.4 is 10.1 Å². The van der Waals surface area contributed by atoms with E-state index in [1.54, 1.807) is 41.3 Å². The molecule has 4 aromatic carbocycles. The van der Waals surface area contributed by atoms with Crippen molar-refractivity contribution in [1.82, 2.24) is 9.80 Å². The number of aryl methyl sites for hydroxylation is 1. The molecular formula is C36H36FN3O3. The van der Waals surface area contributed by atoms with Crippen LogP contribution in [0.1, 0.15) is 29.5 Å². The Labute approximate surface area is 252 Å². The van der Waals surface area contributed by atoms with Gasteiger partial charge in [-0.05, 0) is 96.8 Å². The lowest BCUT2D eigenvalue weighted by atomic mass is 9.97. The van der Waals surface area contributed by atoms with Crippen molar-refractivity contribution in [3.05, 3.63) is 126 Å². The van der Waals surface area contributed by atoms with Crippen LogP contribution in [0.15, 0.2) is 103 Å². The van der Waals surface area contributed by atoms with Crippen LogP contribution in [0.5, 0.6) is 11.5 Å². The minimum atomic E-state index is -0.527. The largest absolute Gasteiger partial charge is 0.457 e. The maximum absolute atomic E-state index is 13.7. The first-order valence-electron chi connectivity index (χ1n) is 15.0. The Morgan fingerprint density at radius 3 is 2.26 bits per heavy atom. The molecule has 1 saturated heterocycles. The van der Waals surface area contributed by atoms with Crippen molar-refractivity contribution in [2.24, 2.45) is 5.92 Å². The Hall–Kier alpha value is -4.49. The van der Waals surface area contributed by atoms with Gasteiger partial charge in [-0.1, -0.05) is 54.6 Å². The molecule has 4 aromatic rings. The van der Waals surface area contributed by atoms with Crippen LogP contribution >= 0.6 is 0 Å². The smallest absolute Gasteiger partial charge is 0.247 e. The molecule has 0 aromatic heterocycles. The number of carbonyl (C=O) groups is 2. The lowest BCUT2D eigenvalue weighted by Crippen LogP contribution is -2.48. The number of carbonyl (C=O) groups excluding carboxylic acids is 2. The number of anilines is 1. The number of ether oxygens (including phenoxy) is 1. The van der Waals surface area contributed by atoms with E-state index in [4.69, 9.17) is 4.74 Å². The summed E-state index contributed by atoms with van der Waals surface area (Å²) < 4.78 is 19.0. The fourth-order valence-corrected chi connectivity index (χ4v) is 6.11. The standard InChI is InChI=1S/C36H36FN3O3/c37-30-12-16-32(17-13-30)43-33-18-14-31(15-19-33)38-36(42)34-22-27(11-10-26-6-2-1-3-7-26)23-40(34)35(41)25-39-21-20-28-8-4-5-9-29(28)24-39/h1-9,12-19,27,34H,10-11,20-25H2,(H,38,42). The first-order chi connectivity index (χ1) is 21.0. The quantitative estimate of drug-likeness (QED) is 0.248. The van der Waals surface area contributed by atoms with Gasteiger partial charge in [0.15, 0.2) is 0 Å². The summed E-state index contributed by atoms with van der Waals surface area (Å²) in [6.07, 6.45) is 3.40. The molecule has 2 amide bonds. The van der Waals surface area contributed by atoms with Gasteiger partial charge < -0.3 is 15.0 Å². The molecular weight excluding hydrogens is 541 g/mol. The number of fused-ring (bicyclic) bond motifs is 1. The molecule has 0 radical (unpaired) electrons. The van der Waals surface area contributed by atoms with E-state index in [2.05, 4.69) is 40.5 Å². The van der Waals surface area contributed by atoms with Crippen molar-refractivity contribution >= 4 is 17.5 Å². The first kappa shape index (κ1) is 28.6. The number of nitrogens with zero attached hydrogens (tertiary/aromatic N) is 2. The zero-order valence-electron chi connectivity index (χ0n) is 24.1. The van der Waals surface area contributed by atoms with E-state index in [9.17, 15) is 14.0 Å². The maximum Gasteiger partial charge on any atom is 0.247 e. The Kier molecular flexibility index (Phi) is 8.80. The monoisotopic (exact) mass is 577 g/mol. The molecule has 43 heavy (non-hydrogen) atoms. The molecule has 220 valence electrons. The van der Waals surface area contributed by atoms with Gasteiger partial charge in [-0.3, -0.25) is 14.5 Å². The zero-order chi connectivity index (χ0) is 29.6. The molecule has 1 N–H and O–H groups in total. The predicted octanol–water partition coefficient (Wildman–Crippen LogP) is 6.46. The van der Waals surface area contributed by atoms with Crippen LogP contribution in [0, 0.1) is 11.7 Å². The minimum absolute atomic E-state index is 0.00443. The van der Waals surface area contributed by atoms with Gasteiger partial charge in [0.1, 0.15) is 23.4 Å². The van der Waals surface area contributed by atoms with E-state index in [0.717, 1.165) is 32.4 Å². The van der Waals surface area contributed by atoms with Gasteiger partial charge in [-0.2, -0.15) is 0 Å². The molecule has 0 bridgehead atoms. The van der Waals surface area contributed by atoms with Crippen LogP contribution in [0.3, 0.4) is 0 Å². The molecule has 0 aliphatic carbocycles. The Balaban J connectivity index is 1.11. The fourth-order valence-electron chi connectivity index (χ4n) is 6.11. The van der Waals surface area contributed by atoms with E-state index in [0.29, 0.717) is 36.7 Å². The van der Waals surface area contributed by atoms with Crippen LogP contribution in [-0.4, -0.2) is 47.3 Å². The van der Waals surface area contributed by atoms with Crippen LogP contribution in [-0.2, 0) is 29.0 Å². The van der Waals surface area contributed by atoms with Gasteiger partial charge in [-0.15, -0.1) is 0 Å². The second-order valence-corrected chi connectivity index (χ2v) is 11.5. The van der Waals surface area contributed by atoms with Crippen molar-refractivity contribution < 1.29 is 18.7 Å². The van der Waals surface area contributed by atoms with E-state index >= 15 is 0 Å². The summed E-state index contributed by atoms with van der Waals surface area (Å²) in [6, 6.07) is 31.1. The normalized spacial score (nSPS) is 18.2. The van der Waals surface area contributed by atoms with Crippen molar-refractivity contribution in [3.8, 4) is 11.5 Å². The summed E-state index contributed by atoms with van der Waals surface area (Å²) in [4.78, 5) is 31.3. The van der Waals surface area contributed by atoms with Crippen molar-refractivity contribution in [3.63, 3.8) is 0 Å². The molecule has 0 spiro atoms. The Morgan fingerprint density at radius 1 is 0.837 bits per heavy atom. The third-order valence-corrected chi connectivity index (χ3v) is 8.43.